The van der Waals surface area contributed by atoms with E-state index in [0.717, 1.165) is 18.6 Å². The Kier molecular flexibility index (Phi) is 4.64. The van der Waals surface area contributed by atoms with E-state index in [-0.39, 0.29) is 11.8 Å². The lowest BCUT2D eigenvalue weighted by Crippen LogP contribution is -2.46. The summed E-state index contributed by atoms with van der Waals surface area (Å²) in [6.07, 6.45) is 7.16. The zero-order chi connectivity index (χ0) is 18.1. The van der Waals surface area contributed by atoms with Crippen molar-refractivity contribution in [1.29, 1.82) is 0 Å². The van der Waals surface area contributed by atoms with Crippen LogP contribution in [0, 0.1) is 17.3 Å². The highest BCUT2D eigenvalue weighted by Crippen LogP contribution is 2.53. The highest BCUT2D eigenvalue weighted by Gasteiger charge is 2.60. The number of carboxylic acid groups (broad SMARTS) is 1. The molecule has 1 fully saturated rings. The first-order valence-corrected chi connectivity index (χ1v) is 7.63. The molecule has 24 heavy (non-hydrogen) atoms. The van der Waals surface area contributed by atoms with Gasteiger partial charge in [0.15, 0.2) is 5.41 Å². The first kappa shape index (κ1) is 17.9. The van der Waals surface area contributed by atoms with Gasteiger partial charge >= 0.3 is 23.9 Å². The predicted molar refractivity (Wildman–Crippen MR) is 81.5 cm³/mol. The molecule has 1 N–H and O–H groups in total. The van der Waals surface area contributed by atoms with Crippen molar-refractivity contribution in [1.82, 2.24) is 0 Å². The first-order valence-electron chi connectivity index (χ1n) is 7.63. The Morgan fingerprint density at radius 1 is 1.21 bits per heavy atom. The van der Waals surface area contributed by atoms with Crippen LogP contribution in [0.15, 0.2) is 24.3 Å². The Morgan fingerprint density at radius 2 is 1.79 bits per heavy atom. The molecule has 1 aliphatic heterocycles. The first-order chi connectivity index (χ1) is 11.0. The Balaban J connectivity index is 0.000000249. The van der Waals surface area contributed by atoms with Gasteiger partial charge in [-0.25, -0.2) is 9.59 Å². The lowest BCUT2D eigenvalue weighted by molar-refractivity contribution is -0.179. The summed E-state index contributed by atoms with van der Waals surface area (Å²) in [5.41, 5.74) is -2.00. The van der Waals surface area contributed by atoms with Gasteiger partial charge in [0.2, 0.25) is 0 Å². The summed E-state index contributed by atoms with van der Waals surface area (Å²) in [7, 11) is 0. The molecule has 2 aliphatic carbocycles. The molecule has 3 unspecified atom stereocenters. The maximum absolute atomic E-state index is 12.2. The molecule has 3 aliphatic rings. The smallest absolute Gasteiger partial charge is 0.338 e. The van der Waals surface area contributed by atoms with Crippen LogP contribution in [-0.4, -0.2) is 34.6 Å². The zero-order valence-electron chi connectivity index (χ0n) is 13.8. The molecule has 1 saturated carbocycles. The van der Waals surface area contributed by atoms with E-state index in [0.29, 0.717) is 6.42 Å². The fourth-order valence-electron chi connectivity index (χ4n) is 3.10. The van der Waals surface area contributed by atoms with E-state index in [9.17, 15) is 24.3 Å². The van der Waals surface area contributed by atoms with Crippen LogP contribution in [0.3, 0.4) is 0 Å². The summed E-state index contributed by atoms with van der Waals surface area (Å²) in [5, 5.41) is 9.42. The van der Waals surface area contributed by atoms with Crippen LogP contribution in [0.5, 0.6) is 0 Å². The second kappa shape index (κ2) is 6.22. The normalized spacial score (nSPS) is 30.0. The van der Waals surface area contributed by atoms with E-state index >= 15 is 0 Å². The molecule has 0 radical (unpaired) electrons. The van der Waals surface area contributed by atoms with Gasteiger partial charge in [-0.3, -0.25) is 9.59 Å². The molecule has 0 spiro atoms. The van der Waals surface area contributed by atoms with Gasteiger partial charge in [0.1, 0.15) is 5.60 Å². The molecule has 3 rings (SSSR count). The minimum atomic E-state index is -1.35. The minimum Gasteiger partial charge on any atom is -0.480 e. The van der Waals surface area contributed by atoms with Gasteiger partial charge in [-0.2, -0.15) is 0 Å². The van der Waals surface area contributed by atoms with Crippen LogP contribution in [0.4, 0.5) is 0 Å². The van der Waals surface area contributed by atoms with Gasteiger partial charge < -0.3 is 14.6 Å². The van der Waals surface area contributed by atoms with Gasteiger partial charge in [-0.05, 0) is 39.5 Å². The number of cyclic esters (lactones) is 2. The van der Waals surface area contributed by atoms with Crippen LogP contribution in [0.25, 0.3) is 0 Å². The van der Waals surface area contributed by atoms with Crippen molar-refractivity contribution in [3.63, 3.8) is 0 Å². The van der Waals surface area contributed by atoms with Crippen LogP contribution < -0.4 is 0 Å². The number of carboxylic acids is 1. The summed E-state index contributed by atoms with van der Waals surface area (Å²) >= 11 is 0. The number of aliphatic carboxylic acids is 1. The molecule has 7 nitrogen and oxygen atoms in total. The van der Waals surface area contributed by atoms with Crippen molar-refractivity contribution >= 4 is 23.9 Å². The quantitative estimate of drug-likeness (QED) is 0.464. The average Bonchev–Trinajstić information content (AvgIpc) is 3.13. The van der Waals surface area contributed by atoms with E-state index in [2.05, 4.69) is 4.74 Å². The minimum absolute atomic E-state index is 0.208. The third-order valence-corrected chi connectivity index (χ3v) is 4.09. The molecule has 2 bridgehead atoms. The molecular formula is C17H20O7. The monoisotopic (exact) mass is 336 g/mol. The Morgan fingerprint density at radius 3 is 2.08 bits per heavy atom. The maximum atomic E-state index is 12.2. The van der Waals surface area contributed by atoms with Crippen LogP contribution >= 0.6 is 0 Å². The number of hydrogen-bond acceptors (Lipinski definition) is 6. The highest BCUT2D eigenvalue weighted by atomic mass is 16.6. The number of carbonyl (C=O) groups is 4. The molecule has 0 aromatic heterocycles. The van der Waals surface area contributed by atoms with Gasteiger partial charge in [0.25, 0.3) is 0 Å². The van der Waals surface area contributed by atoms with E-state index in [1.807, 2.05) is 12.2 Å². The Bertz CT molecular complexity index is 622. The topological polar surface area (TPSA) is 107 Å². The van der Waals surface area contributed by atoms with Crippen molar-refractivity contribution in [3.8, 4) is 0 Å². The number of rotatable bonds is 2. The number of esters is 3. The van der Waals surface area contributed by atoms with Crippen molar-refractivity contribution in [2.45, 2.75) is 39.2 Å². The van der Waals surface area contributed by atoms with Gasteiger partial charge in [0.05, 0.1) is 0 Å². The zero-order valence-corrected chi connectivity index (χ0v) is 13.8. The number of hydrogen-bond donors (Lipinski definition) is 1. The molecule has 0 aromatic rings. The molecule has 0 saturated heterocycles. The summed E-state index contributed by atoms with van der Waals surface area (Å²) in [4.78, 5) is 43.5. The van der Waals surface area contributed by atoms with E-state index < -0.39 is 34.9 Å². The Labute approximate surface area is 139 Å². The molecule has 7 heteroatoms. The largest absolute Gasteiger partial charge is 0.480 e. The summed E-state index contributed by atoms with van der Waals surface area (Å²) in [5.74, 6) is -2.79. The van der Waals surface area contributed by atoms with Gasteiger partial charge in [0, 0.05) is 18.1 Å². The third kappa shape index (κ3) is 3.55. The van der Waals surface area contributed by atoms with E-state index in [4.69, 9.17) is 4.74 Å². The second-order valence-corrected chi connectivity index (χ2v) is 7.04. The summed E-state index contributed by atoms with van der Waals surface area (Å²) in [6, 6.07) is 0. The number of allylic oxidation sites excluding steroid dienone is 2. The average molecular weight is 336 g/mol. The van der Waals surface area contributed by atoms with Crippen LogP contribution in [-0.2, 0) is 28.7 Å². The summed E-state index contributed by atoms with van der Waals surface area (Å²) in [6.45, 7) is 5.26. The van der Waals surface area contributed by atoms with Crippen molar-refractivity contribution < 1.29 is 33.8 Å². The van der Waals surface area contributed by atoms with Crippen molar-refractivity contribution in [3.05, 3.63) is 24.3 Å². The molecule has 3 atom stereocenters. The highest BCUT2D eigenvalue weighted by molar-refractivity contribution is 6.05. The lowest BCUT2D eigenvalue weighted by atomic mass is 9.75. The predicted octanol–water partition coefficient (Wildman–Crippen LogP) is 1.62. The second-order valence-electron chi connectivity index (χ2n) is 7.04. The van der Waals surface area contributed by atoms with Crippen LogP contribution in [0.2, 0.25) is 0 Å². The lowest BCUT2D eigenvalue weighted by Gasteiger charge is -2.32. The van der Waals surface area contributed by atoms with Crippen molar-refractivity contribution in [2.75, 3.05) is 0 Å². The van der Waals surface area contributed by atoms with Crippen molar-refractivity contribution in [2.24, 2.45) is 17.3 Å². The fraction of sp³-hybridized carbons (Fsp3) is 0.529. The Hall–Kier alpha value is -2.44. The summed E-state index contributed by atoms with van der Waals surface area (Å²) < 4.78 is 9.26. The van der Waals surface area contributed by atoms with Gasteiger partial charge in [-0.1, -0.05) is 12.2 Å². The van der Waals surface area contributed by atoms with Crippen LogP contribution in [0.1, 0.15) is 33.6 Å². The molecule has 1 heterocycles. The number of carbonyl (C=O) groups excluding carboxylic acids is 3. The number of ether oxygens (including phenoxy) is 2. The molecule has 0 aromatic carbocycles. The number of fused-ring (bicyclic) bond motifs is 2. The van der Waals surface area contributed by atoms with E-state index in [1.165, 1.54) is 0 Å². The standard InChI is InChI=1S/C13H18O4.C4H2O3/c1-12(2,3)17-11(16)13(10(14)15)7-8-4-5-9(13)6-8;5-3-1-2-4(6)7-3/h4-5,8-9H,6-7H2,1-3H3,(H,14,15);1-2H. The maximum Gasteiger partial charge on any atom is 0.338 e. The SMILES string of the molecule is CC(C)(C)OC(=O)C1(C(=O)O)CC2C=CC1C2.O=C1C=CC(=O)O1. The van der Waals surface area contributed by atoms with Gasteiger partial charge in [-0.15, -0.1) is 0 Å². The molecule has 0 amide bonds. The molecule has 130 valence electrons. The van der Waals surface area contributed by atoms with E-state index in [1.54, 1.807) is 20.8 Å². The third-order valence-electron chi connectivity index (χ3n) is 4.09. The molecular weight excluding hydrogens is 316 g/mol. The fourth-order valence-corrected chi connectivity index (χ4v) is 3.10.